The molecule has 0 aliphatic carbocycles. The molecule has 1 saturated heterocycles. The number of nitrogens with zero attached hydrogens (tertiary/aromatic N) is 5. The van der Waals surface area contributed by atoms with Crippen LogP contribution in [0, 0.1) is 6.92 Å². The predicted molar refractivity (Wildman–Crippen MR) is 87.1 cm³/mol. The molecule has 0 bridgehead atoms. The van der Waals surface area contributed by atoms with E-state index in [1.807, 2.05) is 4.68 Å². The van der Waals surface area contributed by atoms with E-state index in [2.05, 4.69) is 66.3 Å². The molecular weight excluding hydrogens is 274 g/mol. The van der Waals surface area contributed by atoms with Crippen LogP contribution in [0.15, 0.2) is 18.2 Å². The number of aryl methyl sites for hydroxylation is 2. The van der Waals surface area contributed by atoms with E-state index in [1.54, 1.807) is 0 Å². The average Bonchev–Trinajstić information content (AvgIpc) is 3.18. The van der Waals surface area contributed by atoms with Crippen LogP contribution in [0.5, 0.6) is 0 Å². The first-order chi connectivity index (χ1) is 10.6. The molecule has 1 aliphatic rings. The Morgan fingerprint density at radius 1 is 1.18 bits per heavy atom. The average molecular weight is 299 g/mol. The molecule has 2 heterocycles. The van der Waals surface area contributed by atoms with Gasteiger partial charge in [-0.15, -0.1) is 5.10 Å². The summed E-state index contributed by atoms with van der Waals surface area (Å²) < 4.78 is 1.95. The molecule has 0 N–H and O–H groups in total. The molecule has 1 aliphatic heterocycles. The molecule has 0 saturated carbocycles. The summed E-state index contributed by atoms with van der Waals surface area (Å²) in [5.41, 5.74) is 3.47. The fourth-order valence-corrected chi connectivity index (χ4v) is 3.44. The zero-order chi connectivity index (χ0) is 15.7. The summed E-state index contributed by atoms with van der Waals surface area (Å²) in [5, 5.41) is 12.7. The van der Waals surface area contributed by atoms with Crippen molar-refractivity contribution >= 4 is 0 Å². The molecule has 0 amide bonds. The third-order valence-electron chi connectivity index (χ3n) is 4.83. The molecule has 0 unspecified atom stereocenters. The van der Waals surface area contributed by atoms with Crippen molar-refractivity contribution in [1.82, 2.24) is 25.1 Å². The molecule has 22 heavy (non-hydrogen) atoms. The fourth-order valence-electron chi connectivity index (χ4n) is 3.44. The monoisotopic (exact) mass is 299 g/mol. The van der Waals surface area contributed by atoms with Crippen LogP contribution in [0.25, 0.3) is 5.69 Å². The highest BCUT2D eigenvalue weighted by atomic mass is 15.6. The van der Waals surface area contributed by atoms with Crippen molar-refractivity contribution < 1.29 is 0 Å². The molecule has 1 aromatic heterocycles. The number of para-hydroxylation sites is 1. The lowest BCUT2D eigenvalue weighted by Crippen LogP contribution is -2.41. The number of hydrogen-bond acceptors (Lipinski definition) is 4. The Morgan fingerprint density at radius 2 is 1.91 bits per heavy atom. The van der Waals surface area contributed by atoms with Crippen LogP contribution in [0.3, 0.4) is 0 Å². The van der Waals surface area contributed by atoms with Gasteiger partial charge in [0.1, 0.15) is 0 Å². The van der Waals surface area contributed by atoms with Gasteiger partial charge in [-0.05, 0) is 74.7 Å². The molecule has 1 aromatic carbocycles. The zero-order valence-electron chi connectivity index (χ0n) is 14.0. The van der Waals surface area contributed by atoms with E-state index in [1.165, 1.54) is 24.0 Å². The highest BCUT2D eigenvalue weighted by molar-refractivity contribution is 5.47. The lowest BCUT2D eigenvalue weighted by atomic mass is 10.0. The molecule has 0 spiro atoms. The lowest BCUT2D eigenvalue weighted by Gasteiger charge is -2.34. The van der Waals surface area contributed by atoms with Gasteiger partial charge in [-0.2, -0.15) is 4.68 Å². The number of rotatable bonds is 4. The van der Waals surface area contributed by atoms with Crippen molar-refractivity contribution in [3.63, 3.8) is 0 Å². The van der Waals surface area contributed by atoms with Crippen molar-refractivity contribution in [2.75, 3.05) is 13.1 Å². The van der Waals surface area contributed by atoms with E-state index in [4.69, 9.17) is 0 Å². The maximum absolute atomic E-state index is 4.39. The maximum Gasteiger partial charge on any atom is 0.176 e. The number of hydrogen-bond donors (Lipinski definition) is 0. The number of benzene rings is 1. The molecule has 118 valence electrons. The second-order valence-electron chi connectivity index (χ2n) is 6.60. The van der Waals surface area contributed by atoms with Crippen molar-refractivity contribution in [1.29, 1.82) is 0 Å². The minimum atomic E-state index is -0.159. The van der Waals surface area contributed by atoms with Crippen molar-refractivity contribution in [3.05, 3.63) is 35.2 Å². The van der Waals surface area contributed by atoms with Crippen LogP contribution >= 0.6 is 0 Å². The van der Waals surface area contributed by atoms with Gasteiger partial charge in [0.05, 0.1) is 11.2 Å². The Hall–Kier alpha value is -1.75. The van der Waals surface area contributed by atoms with E-state index in [-0.39, 0.29) is 5.54 Å². The van der Waals surface area contributed by atoms with Crippen molar-refractivity contribution in [2.45, 2.75) is 52.5 Å². The van der Waals surface area contributed by atoms with Gasteiger partial charge in [0.15, 0.2) is 5.82 Å². The smallest absolute Gasteiger partial charge is 0.176 e. The normalized spacial score (nSPS) is 16.4. The summed E-state index contributed by atoms with van der Waals surface area (Å²) in [6.45, 7) is 11.0. The van der Waals surface area contributed by atoms with Crippen LogP contribution in [0.1, 0.15) is 50.6 Å². The third kappa shape index (κ3) is 2.43. The predicted octanol–water partition coefficient (Wildman–Crippen LogP) is 2.86. The minimum Gasteiger partial charge on any atom is -0.291 e. The Morgan fingerprint density at radius 3 is 2.59 bits per heavy atom. The van der Waals surface area contributed by atoms with Gasteiger partial charge in [0, 0.05) is 0 Å². The summed E-state index contributed by atoms with van der Waals surface area (Å²) in [4.78, 5) is 2.49. The van der Waals surface area contributed by atoms with Gasteiger partial charge in [-0.3, -0.25) is 4.90 Å². The van der Waals surface area contributed by atoms with Gasteiger partial charge in [0.2, 0.25) is 0 Å². The van der Waals surface area contributed by atoms with Gasteiger partial charge < -0.3 is 0 Å². The molecular formula is C17H25N5. The van der Waals surface area contributed by atoms with Crippen LogP contribution in [-0.2, 0) is 12.0 Å². The second-order valence-corrected chi connectivity index (χ2v) is 6.60. The summed E-state index contributed by atoms with van der Waals surface area (Å²) >= 11 is 0. The minimum absolute atomic E-state index is 0.159. The highest BCUT2D eigenvalue weighted by Gasteiger charge is 2.36. The van der Waals surface area contributed by atoms with E-state index in [9.17, 15) is 0 Å². The summed E-state index contributed by atoms with van der Waals surface area (Å²) in [5.74, 6) is 0.929. The molecule has 1 fully saturated rings. The fraction of sp³-hybridized carbons (Fsp3) is 0.588. The van der Waals surface area contributed by atoms with Crippen molar-refractivity contribution in [2.24, 2.45) is 0 Å². The van der Waals surface area contributed by atoms with E-state index in [0.29, 0.717) is 0 Å². The first-order valence-corrected chi connectivity index (χ1v) is 8.18. The van der Waals surface area contributed by atoms with E-state index < -0.39 is 0 Å². The molecule has 5 nitrogen and oxygen atoms in total. The molecule has 5 heteroatoms. The maximum atomic E-state index is 4.39. The Balaban J connectivity index is 2.10. The second kappa shape index (κ2) is 5.80. The summed E-state index contributed by atoms with van der Waals surface area (Å²) in [7, 11) is 0. The quantitative estimate of drug-likeness (QED) is 0.871. The number of aromatic nitrogens is 4. The van der Waals surface area contributed by atoms with Crippen molar-refractivity contribution in [3.8, 4) is 5.69 Å². The number of likely N-dealkylation sites (tertiary alicyclic amines) is 1. The topological polar surface area (TPSA) is 46.8 Å². The number of tetrazole rings is 1. The third-order valence-corrected chi connectivity index (χ3v) is 4.83. The van der Waals surface area contributed by atoms with Gasteiger partial charge >= 0.3 is 0 Å². The van der Waals surface area contributed by atoms with Crippen LogP contribution in [-0.4, -0.2) is 38.2 Å². The van der Waals surface area contributed by atoms with Crippen LogP contribution < -0.4 is 0 Å². The molecule has 0 radical (unpaired) electrons. The van der Waals surface area contributed by atoms with Gasteiger partial charge in [-0.1, -0.05) is 25.1 Å². The first kappa shape index (κ1) is 15.2. The zero-order valence-corrected chi connectivity index (χ0v) is 14.0. The SMILES string of the molecule is CCc1cccc(C)c1-n1nnnc1C(C)(C)N1CCCC1. The van der Waals surface area contributed by atoms with E-state index in [0.717, 1.165) is 31.0 Å². The Kier molecular flexibility index (Phi) is 4.00. The van der Waals surface area contributed by atoms with Gasteiger partial charge in [-0.25, -0.2) is 0 Å². The van der Waals surface area contributed by atoms with Crippen LogP contribution in [0.2, 0.25) is 0 Å². The first-order valence-electron chi connectivity index (χ1n) is 8.18. The summed E-state index contributed by atoms with van der Waals surface area (Å²) in [6.07, 6.45) is 3.49. The standard InChI is InChI=1S/C17H25N5/c1-5-14-10-8-9-13(2)15(14)22-16(18-19-20-22)17(3,4)21-11-6-7-12-21/h8-10H,5-7,11-12H2,1-4H3. The van der Waals surface area contributed by atoms with Crippen LogP contribution in [0.4, 0.5) is 0 Å². The largest absolute Gasteiger partial charge is 0.291 e. The van der Waals surface area contributed by atoms with E-state index >= 15 is 0 Å². The lowest BCUT2D eigenvalue weighted by molar-refractivity contribution is 0.142. The molecule has 2 aromatic rings. The van der Waals surface area contributed by atoms with Gasteiger partial charge in [0.25, 0.3) is 0 Å². The molecule has 0 atom stereocenters. The Bertz CT molecular complexity index is 653. The molecule has 3 rings (SSSR count). The summed E-state index contributed by atoms with van der Waals surface area (Å²) in [6, 6.07) is 6.40. The Labute approximate surface area is 132 Å². The highest BCUT2D eigenvalue weighted by Crippen LogP contribution is 2.31.